The molecule has 2 N–H and O–H groups in total. The molecule has 0 fully saturated rings. The Bertz CT molecular complexity index is 314. The van der Waals surface area contributed by atoms with Crippen LogP contribution >= 0.6 is 11.3 Å². The van der Waals surface area contributed by atoms with Crippen LogP contribution in [0.1, 0.15) is 44.7 Å². The number of anilines is 1. The minimum atomic E-state index is 0.613. The molecule has 0 aliphatic rings. The van der Waals surface area contributed by atoms with Crippen molar-refractivity contribution in [1.82, 2.24) is 4.98 Å². The Morgan fingerprint density at radius 1 is 1.35 bits per heavy atom. The van der Waals surface area contributed by atoms with Gasteiger partial charge in [-0.3, -0.25) is 0 Å². The van der Waals surface area contributed by atoms with Crippen LogP contribution in [0.15, 0.2) is 0 Å². The number of aromatic nitrogens is 1. The number of rotatable bonds is 7. The normalized spacial score (nSPS) is 12.8. The molecule has 0 aliphatic carbocycles. The van der Waals surface area contributed by atoms with Crippen LogP contribution in [0.2, 0.25) is 0 Å². The maximum absolute atomic E-state index is 5.76. The van der Waals surface area contributed by atoms with Crippen LogP contribution in [-0.2, 0) is 13.0 Å². The van der Waals surface area contributed by atoms with E-state index in [-0.39, 0.29) is 0 Å². The first-order valence-electron chi connectivity index (χ1n) is 6.59. The van der Waals surface area contributed by atoms with Crippen molar-refractivity contribution < 1.29 is 0 Å². The zero-order valence-corrected chi connectivity index (χ0v) is 12.3. The molecule has 0 aromatic carbocycles. The highest BCUT2D eigenvalue weighted by molar-refractivity contribution is 7.15. The van der Waals surface area contributed by atoms with Gasteiger partial charge in [-0.2, -0.15) is 0 Å². The summed E-state index contributed by atoms with van der Waals surface area (Å²) in [5.74, 6) is 0.713. The molecule has 4 heteroatoms. The molecule has 0 bridgehead atoms. The third kappa shape index (κ3) is 3.68. The Balaban J connectivity index is 2.84. The van der Waals surface area contributed by atoms with Crippen molar-refractivity contribution >= 4 is 16.5 Å². The lowest BCUT2D eigenvalue weighted by Gasteiger charge is -2.23. The topological polar surface area (TPSA) is 42.2 Å². The summed E-state index contributed by atoms with van der Waals surface area (Å²) in [6, 6.07) is 0. The lowest BCUT2D eigenvalue weighted by molar-refractivity contribution is 0.547. The van der Waals surface area contributed by atoms with Gasteiger partial charge in [-0.1, -0.05) is 27.2 Å². The fourth-order valence-electron chi connectivity index (χ4n) is 1.79. The minimum absolute atomic E-state index is 0.613. The quantitative estimate of drug-likeness (QED) is 0.814. The van der Waals surface area contributed by atoms with E-state index in [0.29, 0.717) is 12.5 Å². The van der Waals surface area contributed by atoms with Gasteiger partial charge in [0.25, 0.3) is 0 Å². The molecule has 1 rings (SSSR count). The lowest BCUT2D eigenvalue weighted by Crippen LogP contribution is -2.27. The first-order valence-corrected chi connectivity index (χ1v) is 7.41. The minimum Gasteiger partial charge on any atom is -0.348 e. The van der Waals surface area contributed by atoms with Crippen molar-refractivity contribution in [2.75, 3.05) is 18.0 Å². The lowest BCUT2D eigenvalue weighted by atomic mass is 10.1. The van der Waals surface area contributed by atoms with E-state index in [1.54, 1.807) is 11.3 Å². The number of nitrogens with zero attached hydrogens (tertiary/aromatic N) is 2. The van der Waals surface area contributed by atoms with E-state index >= 15 is 0 Å². The summed E-state index contributed by atoms with van der Waals surface area (Å²) in [5, 5.41) is 1.14. The van der Waals surface area contributed by atoms with Gasteiger partial charge >= 0.3 is 0 Å². The fourth-order valence-corrected chi connectivity index (χ4v) is 2.89. The largest absolute Gasteiger partial charge is 0.348 e. The first-order chi connectivity index (χ1) is 8.15. The van der Waals surface area contributed by atoms with Crippen molar-refractivity contribution in [2.45, 2.75) is 47.1 Å². The molecular weight excluding hydrogens is 230 g/mol. The van der Waals surface area contributed by atoms with Crippen molar-refractivity contribution in [1.29, 1.82) is 0 Å². The van der Waals surface area contributed by atoms with Gasteiger partial charge in [0.1, 0.15) is 0 Å². The predicted octanol–water partition coefficient (Wildman–Crippen LogP) is 3.04. The van der Waals surface area contributed by atoms with Crippen LogP contribution in [0.5, 0.6) is 0 Å². The van der Waals surface area contributed by atoms with E-state index in [1.807, 2.05) is 0 Å². The van der Waals surface area contributed by atoms with Gasteiger partial charge in [-0.05, 0) is 19.3 Å². The third-order valence-electron chi connectivity index (χ3n) is 3.17. The molecule has 1 aromatic rings. The van der Waals surface area contributed by atoms with E-state index < -0.39 is 0 Å². The number of thiazole rings is 1. The molecule has 0 amide bonds. The molecule has 1 atom stereocenters. The van der Waals surface area contributed by atoms with Gasteiger partial charge in [-0.25, -0.2) is 4.98 Å². The number of nitrogens with two attached hydrogens (primary N) is 1. The second kappa shape index (κ2) is 6.97. The van der Waals surface area contributed by atoms with Gasteiger partial charge in [0.05, 0.1) is 5.69 Å². The maximum Gasteiger partial charge on any atom is 0.185 e. The molecule has 0 spiro atoms. The van der Waals surface area contributed by atoms with Gasteiger partial charge in [-0.15, -0.1) is 11.3 Å². The monoisotopic (exact) mass is 255 g/mol. The molecule has 0 aliphatic heterocycles. The summed E-state index contributed by atoms with van der Waals surface area (Å²) in [7, 11) is 0. The Hall–Kier alpha value is -0.610. The second-order valence-electron chi connectivity index (χ2n) is 4.48. The Morgan fingerprint density at radius 2 is 2.06 bits per heavy atom. The molecule has 1 heterocycles. The summed E-state index contributed by atoms with van der Waals surface area (Å²) in [6.45, 7) is 11.6. The van der Waals surface area contributed by atoms with Crippen LogP contribution in [0.25, 0.3) is 0 Å². The van der Waals surface area contributed by atoms with Crippen molar-refractivity contribution in [2.24, 2.45) is 11.7 Å². The van der Waals surface area contributed by atoms with E-state index in [1.165, 1.54) is 17.0 Å². The van der Waals surface area contributed by atoms with Gasteiger partial charge in [0.2, 0.25) is 0 Å². The molecule has 98 valence electrons. The Labute approximate surface area is 109 Å². The van der Waals surface area contributed by atoms with Gasteiger partial charge in [0.15, 0.2) is 5.13 Å². The average molecular weight is 255 g/mol. The molecular formula is C13H25N3S. The van der Waals surface area contributed by atoms with Crippen molar-refractivity contribution in [3.05, 3.63) is 10.6 Å². The number of hydrogen-bond donors (Lipinski definition) is 1. The molecule has 0 saturated carbocycles. The van der Waals surface area contributed by atoms with Crippen LogP contribution in [0, 0.1) is 5.92 Å². The van der Waals surface area contributed by atoms with Crippen molar-refractivity contribution in [3.63, 3.8) is 0 Å². The zero-order chi connectivity index (χ0) is 12.8. The molecule has 0 radical (unpaired) electrons. The second-order valence-corrected chi connectivity index (χ2v) is 5.54. The average Bonchev–Trinajstić information content (AvgIpc) is 2.78. The zero-order valence-electron chi connectivity index (χ0n) is 11.5. The fraction of sp³-hybridized carbons (Fsp3) is 0.769. The summed E-state index contributed by atoms with van der Waals surface area (Å²) in [4.78, 5) is 8.34. The summed E-state index contributed by atoms with van der Waals surface area (Å²) in [5.41, 5.74) is 6.94. The van der Waals surface area contributed by atoms with Gasteiger partial charge in [0, 0.05) is 24.5 Å². The highest BCUT2D eigenvalue weighted by Crippen LogP contribution is 2.27. The highest BCUT2D eigenvalue weighted by atomic mass is 32.1. The van der Waals surface area contributed by atoms with E-state index in [9.17, 15) is 0 Å². The summed E-state index contributed by atoms with van der Waals surface area (Å²) in [6.07, 6.45) is 2.19. The number of hydrogen-bond acceptors (Lipinski definition) is 4. The standard InChI is InChI=1S/C13H25N3S/c1-5-10(4)9-16(7-3)13-15-11(6-2)12(8-14)17-13/h10H,5-9,14H2,1-4H3. The molecule has 17 heavy (non-hydrogen) atoms. The first kappa shape index (κ1) is 14.5. The Morgan fingerprint density at radius 3 is 2.47 bits per heavy atom. The smallest absolute Gasteiger partial charge is 0.185 e. The van der Waals surface area contributed by atoms with Crippen LogP contribution in [-0.4, -0.2) is 18.1 Å². The van der Waals surface area contributed by atoms with E-state index in [4.69, 9.17) is 10.7 Å². The molecule has 0 saturated heterocycles. The molecule has 1 aromatic heterocycles. The Kier molecular flexibility index (Phi) is 5.92. The highest BCUT2D eigenvalue weighted by Gasteiger charge is 2.15. The third-order valence-corrected chi connectivity index (χ3v) is 4.35. The van der Waals surface area contributed by atoms with E-state index in [2.05, 4.69) is 32.6 Å². The summed E-state index contributed by atoms with van der Waals surface area (Å²) < 4.78 is 0. The number of aryl methyl sites for hydroxylation is 1. The molecule has 1 unspecified atom stereocenters. The van der Waals surface area contributed by atoms with Crippen molar-refractivity contribution in [3.8, 4) is 0 Å². The van der Waals surface area contributed by atoms with Crippen LogP contribution in [0.3, 0.4) is 0 Å². The predicted molar refractivity (Wildman–Crippen MR) is 76.7 cm³/mol. The van der Waals surface area contributed by atoms with Crippen LogP contribution in [0.4, 0.5) is 5.13 Å². The van der Waals surface area contributed by atoms with Gasteiger partial charge < -0.3 is 10.6 Å². The van der Waals surface area contributed by atoms with E-state index in [0.717, 1.165) is 24.6 Å². The maximum atomic E-state index is 5.76. The summed E-state index contributed by atoms with van der Waals surface area (Å²) >= 11 is 1.76. The van der Waals surface area contributed by atoms with Crippen LogP contribution < -0.4 is 10.6 Å². The molecule has 3 nitrogen and oxygen atoms in total. The SMILES string of the molecule is CCc1nc(N(CC)CC(C)CC)sc1CN.